The summed E-state index contributed by atoms with van der Waals surface area (Å²) in [6, 6.07) is 0. The maximum absolute atomic E-state index is 10.9. The van der Waals surface area contributed by atoms with E-state index in [9.17, 15) is 4.79 Å². The summed E-state index contributed by atoms with van der Waals surface area (Å²) >= 11 is 4.33. The number of esters is 1. The van der Waals surface area contributed by atoms with E-state index in [1.54, 1.807) is 13.8 Å². The van der Waals surface area contributed by atoms with Crippen LogP contribution in [0.25, 0.3) is 0 Å². The molecule has 0 aromatic rings. The van der Waals surface area contributed by atoms with E-state index in [2.05, 4.69) is 27.1 Å². The average Bonchev–Trinajstić information content (AvgIpc) is 2.00. The zero-order valence-electron chi connectivity index (χ0n) is 6.46. The van der Waals surface area contributed by atoms with Crippen LogP contribution in [0, 0.1) is 0 Å². The fraction of sp³-hybridized carbons (Fsp3) is 0.429. The van der Waals surface area contributed by atoms with Crippen LogP contribution in [0.5, 0.6) is 0 Å². The number of thiocarbonyl (C=S) groups is 1. The molecule has 0 saturated heterocycles. The van der Waals surface area contributed by atoms with E-state index in [4.69, 9.17) is 0 Å². The summed E-state index contributed by atoms with van der Waals surface area (Å²) in [6.45, 7) is 3.75. The van der Waals surface area contributed by atoms with Gasteiger partial charge in [-0.05, 0) is 26.1 Å². The molecule has 0 aliphatic heterocycles. The second kappa shape index (κ2) is 5.77. The van der Waals surface area contributed by atoms with Crippen LogP contribution >= 0.6 is 12.2 Å². The topological polar surface area (TPSA) is 38.7 Å². The lowest BCUT2D eigenvalue weighted by Crippen LogP contribution is -2.05. The number of carbonyl (C=O) groups is 1. The highest BCUT2D eigenvalue weighted by atomic mass is 32.1. The minimum Gasteiger partial charge on any atom is -0.461 e. The normalized spacial score (nSPS) is 10.2. The smallest absolute Gasteiger partial charge is 0.357 e. The van der Waals surface area contributed by atoms with E-state index < -0.39 is 5.97 Å². The Morgan fingerprint density at radius 1 is 1.82 bits per heavy atom. The highest BCUT2D eigenvalue weighted by Crippen LogP contribution is 1.98. The Kier molecular flexibility index (Phi) is 5.25. The zero-order chi connectivity index (χ0) is 8.69. The summed E-state index contributed by atoms with van der Waals surface area (Å²) in [4.78, 5) is 14.4. The maximum Gasteiger partial charge on any atom is 0.357 e. The highest BCUT2D eigenvalue weighted by Gasteiger charge is 2.05. The van der Waals surface area contributed by atoms with Crippen molar-refractivity contribution < 1.29 is 9.53 Å². The van der Waals surface area contributed by atoms with Crippen molar-refractivity contribution in [3.8, 4) is 0 Å². The van der Waals surface area contributed by atoms with Gasteiger partial charge in [0.25, 0.3) is 0 Å². The molecule has 0 aromatic carbocycles. The molecule has 0 aliphatic carbocycles. The Balaban J connectivity index is 4.28. The first-order valence-corrected chi connectivity index (χ1v) is 3.58. The van der Waals surface area contributed by atoms with Gasteiger partial charge in [-0.2, -0.15) is 4.99 Å². The largest absolute Gasteiger partial charge is 0.461 e. The van der Waals surface area contributed by atoms with Crippen LogP contribution in [-0.4, -0.2) is 17.7 Å². The summed E-state index contributed by atoms with van der Waals surface area (Å²) in [5.74, 6) is -0.465. The number of nitrogens with zero attached hydrogens (tertiary/aromatic N) is 1. The van der Waals surface area contributed by atoms with Gasteiger partial charge in [0.1, 0.15) is 0 Å². The molecule has 3 nitrogen and oxygen atoms in total. The van der Waals surface area contributed by atoms with Crippen molar-refractivity contribution in [3.05, 3.63) is 11.8 Å². The van der Waals surface area contributed by atoms with Crippen molar-refractivity contribution in [2.75, 3.05) is 6.61 Å². The van der Waals surface area contributed by atoms with Crippen LogP contribution in [0.15, 0.2) is 16.8 Å². The molecule has 0 amide bonds. The number of carbonyl (C=O) groups excluding carboxylic acids is 1. The molecule has 0 radical (unpaired) electrons. The Morgan fingerprint density at radius 2 is 2.45 bits per heavy atom. The van der Waals surface area contributed by atoms with Crippen molar-refractivity contribution in [1.82, 2.24) is 0 Å². The van der Waals surface area contributed by atoms with Crippen molar-refractivity contribution in [3.63, 3.8) is 0 Å². The highest BCUT2D eigenvalue weighted by molar-refractivity contribution is 7.78. The molecule has 0 aromatic heterocycles. The quantitative estimate of drug-likeness (QED) is 0.280. The van der Waals surface area contributed by atoms with Crippen LogP contribution in [0.2, 0.25) is 0 Å². The molecule has 0 N–H and O–H groups in total. The van der Waals surface area contributed by atoms with E-state index in [0.717, 1.165) is 0 Å². The molecule has 0 heterocycles. The molecule has 0 aliphatic rings. The summed E-state index contributed by atoms with van der Waals surface area (Å²) in [7, 11) is 0. The number of hydrogen-bond donors (Lipinski definition) is 0. The van der Waals surface area contributed by atoms with Crippen molar-refractivity contribution >= 4 is 23.3 Å². The van der Waals surface area contributed by atoms with Gasteiger partial charge >= 0.3 is 5.97 Å². The molecular weight excluding hydrogens is 162 g/mol. The lowest BCUT2D eigenvalue weighted by Gasteiger charge is -1.98. The fourth-order valence-corrected chi connectivity index (χ4v) is 0.581. The monoisotopic (exact) mass is 171 g/mol. The third-order valence-electron chi connectivity index (χ3n) is 0.924. The molecule has 0 bridgehead atoms. The third kappa shape index (κ3) is 3.65. The molecule has 0 fully saturated rings. The Bertz CT molecular complexity index is 216. The Morgan fingerprint density at radius 3 is 2.82 bits per heavy atom. The first-order valence-electron chi connectivity index (χ1n) is 3.17. The summed E-state index contributed by atoms with van der Waals surface area (Å²) in [5, 5.41) is 2.10. The first-order chi connectivity index (χ1) is 5.26. The molecule has 0 spiro atoms. The molecule has 0 atom stereocenters. The summed E-state index contributed by atoms with van der Waals surface area (Å²) in [5.41, 5.74) is 0.196. The average molecular weight is 171 g/mol. The summed E-state index contributed by atoms with van der Waals surface area (Å²) < 4.78 is 4.66. The molecule has 0 rings (SSSR count). The number of rotatable bonds is 3. The predicted octanol–water partition coefficient (Wildman–Crippen LogP) is 1.56. The van der Waals surface area contributed by atoms with E-state index in [1.807, 2.05) is 0 Å². The van der Waals surface area contributed by atoms with Gasteiger partial charge in [0, 0.05) is 0 Å². The van der Waals surface area contributed by atoms with Crippen molar-refractivity contribution in [2.45, 2.75) is 13.8 Å². The molecule has 0 saturated carbocycles. The molecule has 60 valence electrons. The number of hydrogen-bond acceptors (Lipinski definition) is 4. The van der Waals surface area contributed by atoms with E-state index in [0.29, 0.717) is 6.61 Å². The van der Waals surface area contributed by atoms with Gasteiger partial charge in [0.2, 0.25) is 0 Å². The lowest BCUT2D eigenvalue weighted by atomic mass is 10.4. The number of aliphatic imine (C=N–C) groups is 1. The van der Waals surface area contributed by atoms with Crippen LogP contribution < -0.4 is 0 Å². The number of ether oxygens (including phenoxy) is 1. The number of isothiocyanates is 1. The van der Waals surface area contributed by atoms with Gasteiger partial charge in [-0.1, -0.05) is 6.08 Å². The van der Waals surface area contributed by atoms with Gasteiger partial charge in [0.05, 0.1) is 11.8 Å². The first kappa shape index (κ1) is 10.0. The second-order valence-corrected chi connectivity index (χ2v) is 1.78. The Labute approximate surface area is 70.8 Å². The molecule has 11 heavy (non-hydrogen) atoms. The van der Waals surface area contributed by atoms with Crippen molar-refractivity contribution in [1.29, 1.82) is 0 Å². The van der Waals surface area contributed by atoms with E-state index >= 15 is 0 Å². The van der Waals surface area contributed by atoms with E-state index in [1.165, 1.54) is 6.08 Å². The predicted molar refractivity (Wildman–Crippen MR) is 45.4 cm³/mol. The molecule has 0 unspecified atom stereocenters. The van der Waals surface area contributed by atoms with Crippen LogP contribution in [0.3, 0.4) is 0 Å². The van der Waals surface area contributed by atoms with E-state index in [-0.39, 0.29) is 5.70 Å². The SMILES string of the molecule is C/C=C(\N=C=S)C(=O)OCC. The molecular formula is C7H9NO2S. The minimum atomic E-state index is -0.465. The van der Waals surface area contributed by atoms with Crippen LogP contribution in [0.4, 0.5) is 0 Å². The van der Waals surface area contributed by atoms with Gasteiger partial charge in [-0.3, -0.25) is 0 Å². The zero-order valence-corrected chi connectivity index (χ0v) is 7.27. The van der Waals surface area contributed by atoms with Gasteiger partial charge in [0.15, 0.2) is 5.70 Å². The second-order valence-electron chi connectivity index (χ2n) is 1.60. The van der Waals surface area contributed by atoms with Gasteiger partial charge in [-0.25, -0.2) is 4.79 Å². The molecule has 4 heteroatoms. The van der Waals surface area contributed by atoms with Gasteiger partial charge < -0.3 is 4.74 Å². The van der Waals surface area contributed by atoms with Crippen LogP contribution in [-0.2, 0) is 9.53 Å². The van der Waals surface area contributed by atoms with Crippen molar-refractivity contribution in [2.24, 2.45) is 4.99 Å². The van der Waals surface area contributed by atoms with Crippen LogP contribution in [0.1, 0.15) is 13.8 Å². The fourth-order valence-electron chi connectivity index (χ4n) is 0.482. The minimum absolute atomic E-state index is 0.196. The standard InChI is InChI=1S/C7H9NO2S/c1-3-6(8-5-11)7(9)10-4-2/h3H,4H2,1-2H3/b6-3-. The third-order valence-corrected chi connectivity index (χ3v) is 1.02. The Hall–Kier alpha value is -0.990. The number of allylic oxidation sites excluding steroid dienone is 1. The summed E-state index contributed by atoms with van der Waals surface area (Å²) in [6.07, 6.45) is 1.53. The van der Waals surface area contributed by atoms with Gasteiger partial charge in [-0.15, -0.1) is 0 Å². The maximum atomic E-state index is 10.9. The lowest BCUT2D eigenvalue weighted by molar-refractivity contribution is -0.138.